The fourth-order valence-corrected chi connectivity index (χ4v) is 2.64. The number of hydrogen-bond acceptors (Lipinski definition) is 4. The molecule has 0 saturated carbocycles. The van der Waals surface area contributed by atoms with Gasteiger partial charge in [0, 0.05) is 28.9 Å². The van der Waals surface area contributed by atoms with Crippen molar-refractivity contribution in [2.75, 3.05) is 11.9 Å². The van der Waals surface area contributed by atoms with Crippen molar-refractivity contribution in [1.29, 1.82) is 0 Å². The van der Waals surface area contributed by atoms with Crippen LogP contribution in [0.1, 0.15) is 23.0 Å². The van der Waals surface area contributed by atoms with Crippen molar-refractivity contribution in [3.8, 4) is 0 Å². The van der Waals surface area contributed by atoms with Gasteiger partial charge in [0.25, 0.3) is 5.91 Å². The molecule has 7 heteroatoms. The Morgan fingerprint density at radius 1 is 1.23 bits per heavy atom. The number of anilines is 1. The summed E-state index contributed by atoms with van der Waals surface area (Å²) in [5, 5.41) is 7.13. The largest absolute Gasteiger partial charge is 0.352 e. The van der Waals surface area contributed by atoms with Gasteiger partial charge in [-0.15, -0.1) is 0 Å². The fourth-order valence-electron chi connectivity index (χ4n) is 1.91. The van der Waals surface area contributed by atoms with Crippen LogP contribution < -0.4 is 15.5 Å². The molecule has 2 aromatic rings. The molecule has 0 fully saturated rings. The van der Waals surface area contributed by atoms with E-state index in [-0.39, 0.29) is 23.2 Å². The van der Waals surface area contributed by atoms with E-state index in [2.05, 4.69) is 10.6 Å². The lowest BCUT2D eigenvalue weighted by atomic mass is 10.2. The number of nitrogens with one attached hydrogen (secondary N) is 2. The third kappa shape index (κ3) is 3.82. The molecule has 0 aliphatic heterocycles. The molecule has 0 radical (unpaired) electrons. The molecule has 1 aromatic carbocycles. The van der Waals surface area contributed by atoms with Gasteiger partial charge in [0.2, 0.25) is 5.91 Å². The average molecular weight is 319 g/mol. The molecule has 0 unspecified atom stereocenters. The highest BCUT2D eigenvalue weighted by Crippen LogP contribution is 2.10. The van der Waals surface area contributed by atoms with Crippen LogP contribution in [0.25, 0.3) is 0 Å². The zero-order valence-electron chi connectivity index (χ0n) is 12.4. The van der Waals surface area contributed by atoms with Crippen LogP contribution in [0, 0.1) is 6.92 Å². The fraction of sp³-hybridized carbons (Fsp3) is 0.267. The van der Waals surface area contributed by atoms with Crippen molar-refractivity contribution in [3.63, 3.8) is 0 Å². The number of carbonyl (C=O) groups is 2. The summed E-state index contributed by atoms with van der Waals surface area (Å²) >= 11 is 1.07. The van der Waals surface area contributed by atoms with E-state index < -0.39 is 0 Å². The number of nitrogens with zero attached hydrogens (tertiary/aromatic N) is 1. The summed E-state index contributed by atoms with van der Waals surface area (Å²) in [4.78, 5) is 35.0. The van der Waals surface area contributed by atoms with Gasteiger partial charge in [-0.3, -0.25) is 19.0 Å². The van der Waals surface area contributed by atoms with Crippen LogP contribution in [0.2, 0.25) is 0 Å². The van der Waals surface area contributed by atoms with E-state index in [0.29, 0.717) is 17.8 Å². The van der Waals surface area contributed by atoms with Crippen molar-refractivity contribution in [1.82, 2.24) is 9.88 Å². The molecular weight excluding hydrogens is 302 g/mol. The molecule has 0 aliphatic carbocycles. The number of hydrogen-bond donors (Lipinski definition) is 2. The van der Waals surface area contributed by atoms with Crippen LogP contribution in [-0.4, -0.2) is 22.9 Å². The summed E-state index contributed by atoms with van der Waals surface area (Å²) in [5.41, 5.74) is 1.88. The smallest absolute Gasteiger partial charge is 0.307 e. The van der Waals surface area contributed by atoms with Gasteiger partial charge in [-0.25, -0.2) is 0 Å². The highest BCUT2D eigenvalue weighted by atomic mass is 32.1. The summed E-state index contributed by atoms with van der Waals surface area (Å²) in [7, 11) is 0. The first-order valence-electron chi connectivity index (χ1n) is 6.84. The highest BCUT2D eigenvalue weighted by molar-refractivity contribution is 7.07. The van der Waals surface area contributed by atoms with Crippen LogP contribution in [0.3, 0.4) is 0 Å². The highest BCUT2D eigenvalue weighted by Gasteiger charge is 2.09. The van der Waals surface area contributed by atoms with Crippen molar-refractivity contribution in [3.05, 3.63) is 50.6 Å². The third-order valence-corrected chi connectivity index (χ3v) is 3.93. The molecule has 0 saturated heterocycles. The summed E-state index contributed by atoms with van der Waals surface area (Å²) in [6.45, 7) is 4.17. The lowest BCUT2D eigenvalue weighted by molar-refractivity contribution is -0.116. The van der Waals surface area contributed by atoms with E-state index in [1.54, 1.807) is 36.6 Å². The van der Waals surface area contributed by atoms with E-state index in [9.17, 15) is 14.4 Å². The number of carbonyl (C=O) groups excluding carboxylic acids is 2. The number of amides is 2. The minimum atomic E-state index is -0.283. The summed E-state index contributed by atoms with van der Waals surface area (Å²) in [6.07, 6.45) is 0. The van der Waals surface area contributed by atoms with Gasteiger partial charge in [0.05, 0.1) is 0 Å². The van der Waals surface area contributed by atoms with Gasteiger partial charge in [0.1, 0.15) is 6.54 Å². The third-order valence-electron chi connectivity index (χ3n) is 3.05. The monoisotopic (exact) mass is 319 g/mol. The molecule has 1 heterocycles. The molecule has 2 amide bonds. The Hall–Kier alpha value is -2.41. The minimum Gasteiger partial charge on any atom is -0.352 e. The number of aryl methyl sites for hydroxylation is 1. The van der Waals surface area contributed by atoms with Crippen LogP contribution in [0.15, 0.2) is 34.4 Å². The summed E-state index contributed by atoms with van der Waals surface area (Å²) in [5.74, 6) is -0.435. The van der Waals surface area contributed by atoms with E-state index in [0.717, 1.165) is 17.0 Å². The summed E-state index contributed by atoms with van der Waals surface area (Å²) in [6, 6.07) is 6.60. The number of thiazole rings is 1. The van der Waals surface area contributed by atoms with Crippen LogP contribution in [0.4, 0.5) is 5.69 Å². The van der Waals surface area contributed by atoms with Crippen molar-refractivity contribution in [2.45, 2.75) is 20.4 Å². The average Bonchev–Trinajstić information content (AvgIpc) is 2.80. The van der Waals surface area contributed by atoms with Crippen molar-refractivity contribution >= 4 is 28.8 Å². The van der Waals surface area contributed by atoms with E-state index in [1.807, 2.05) is 6.92 Å². The Kier molecular flexibility index (Phi) is 5.11. The molecule has 0 spiro atoms. The number of rotatable bonds is 5. The molecule has 0 bridgehead atoms. The maximum Gasteiger partial charge on any atom is 0.307 e. The predicted octanol–water partition coefficient (Wildman–Crippen LogP) is 1.61. The molecule has 2 N–H and O–H groups in total. The number of benzene rings is 1. The molecular formula is C15H17N3O3S. The van der Waals surface area contributed by atoms with E-state index in [4.69, 9.17) is 0 Å². The van der Waals surface area contributed by atoms with E-state index in [1.165, 1.54) is 4.57 Å². The van der Waals surface area contributed by atoms with Gasteiger partial charge in [-0.2, -0.15) is 0 Å². The van der Waals surface area contributed by atoms with Crippen molar-refractivity contribution < 1.29 is 9.59 Å². The predicted molar refractivity (Wildman–Crippen MR) is 86.4 cm³/mol. The second-order valence-electron chi connectivity index (χ2n) is 4.71. The van der Waals surface area contributed by atoms with Crippen LogP contribution >= 0.6 is 11.3 Å². The van der Waals surface area contributed by atoms with Gasteiger partial charge in [-0.1, -0.05) is 11.3 Å². The molecule has 6 nitrogen and oxygen atoms in total. The molecule has 0 atom stereocenters. The SMILES string of the molecule is CCNC(=O)c1ccc(NC(=O)Cn2c(C)csc2=O)cc1. The lowest BCUT2D eigenvalue weighted by Gasteiger charge is -2.08. The number of aromatic nitrogens is 1. The quantitative estimate of drug-likeness (QED) is 0.878. The normalized spacial score (nSPS) is 10.3. The van der Waals surface area contributed by atoms with Crippen molar-refractivity contribution in [2.24, 2.45) is 0 Å². The molecule has 2 rings (SSSR count). The first kappa shape index (κ1) is 16.0. The van der Waals surface area contributed by atoms with Gasteiger partial charge in [-0.05, 0) is 38.1 Å². The van der Waals surface area contributed by atoms with Crippen LogP contribution in [-0.2, 0) is 11.3 Å². The lowest BCUT2D eigenvalue weighted by Crippen LogP contribution is -2.25. The maximum absolute atomic E-state index is 12.0. The molecule has 1 aromatic heterocycles. The zero-order valence-corrected chi connectivity index (χ0v) is 13.2. The minimum absolute atomic E-state index is 0.0216. The zero-order chi connectivity index (χ0) is 16.1. The molecule has 0 aliphatic rings. The van der Waals surface area contributed by atoms with Gasteiger partial charge in [0.15, 0.2) is 0 Å². The second kappa shape index (κ2) is 7.04. The first-order chi connectivity index (χ1) is 10.5. The summed E-state index contributed by atoms with van der Waals surface area (Å²) < 4.78 is 1.42. The standard InChI is InChI=1S/C15H17N3O3S/c1-3-16-14(20)11-4-6-12(7-5-11)17-13(19)8-18-10(2)9-22-15(18)21/h4-7,9H,3,8H2,1-2H3,(H,16,20)(H,17,19). The molecule has 22 heavy (non-hydrogen) atoms. The second-order valence-corrected chi connectivity index (χ2v) is 5.53. The Morgan fingerprint density at radius 2 is 1.91 bits per heavy atom. The Labute approximate surface area is 131 Å². The maximum atomic E-state index is 12.0. The topological polar surface area (TPSA) is 80.2 Å². The Morgan fingerprint density at radius 3 is 2.45 bits per heavy atom. The Balaban J connectivity index is 2.00. The Bertz CT molecular complexity index is 731. The van der Waals surface area contributed by atoms with E-state index >= 15 is 0 Å². The first-order valence-corrected chi connectivity index (χ1v) is 7.72. The van der Waals surface area contributed by atoms with Gasteiger partial charge >= 0.3 is 4.87 Å². The van der Waals surface area contributed by atoms with Crippen LogP contribution in [0.5, 0.6) is 0 Å². The molecule has 116 valence electrons. The van der Waals surface area contributed by atoms with Gasteiger partial charge < -0.3 is 10.6 Å².